The molecule has 0 bridgehead atoms. The summed E-state index contributed by atoms with van der Waals surface area (Å²) in [5.74, 6) is -0.632. The van der Waals surface area contributed by atoms with Crippen LogP contribution in [0.25, 0.3) is 5.52 Å². The first kappa shape index (κ1) is 14.5. The Balaban J connectivity index is 1.64. The third-order valence-corrected chi connectivity index (χ3v) is 5.26. The van der Waals surface area contributed by atoms with Crippen molar-refractivity contribution in [1.82, 2.24) is 14.6 Å². The molecule has 2 aromatic heterocycles. The molecule has 1 unspecified atom stereocenters. The number of nitrogen functional groups attached to an aromatic ring is 1. The highest BCUT2D eigenvalue weighted by molar-refractivity contribution is 5.65. The SMILES string of the molecule is CC1(C)O[C@H]2[C@H](c3ccc4c(N)ncnn34)O[C@@]3(CO)C(F)[C@]23O1. The van der Waals surface area contributed by atoms with Crippen molar-refractivity contribution >= 4 is 11.3 Å². The van der Waals surface area contributed by atoms with E-state index >= 15 is 0 Å². The van der Waals surface area contributed by atoms with Crippen molar-refractivity contribution in [3.8, 4) is 0 Å². The van der Waals surface area contributed by atoms with Gasteiger partial charge in [-0.2, -0.15) is 5.10 Å². The molecule has 5 atom stereocenters. The number of halogens is 1. The summed E-state index contributed by atoms with van der Waals surface area (Å²) in [6.45, 7) is 2.96. The number of nitrogens with zero attached hydrogens (tertiary/aromatic N) is 3. The molecule has 0 radical (unpaired) electrons. The lowest BCUT2D eigenvalue weighted by molar-refractivity contribution is -0.192. The second-order valence-electron chi connectivity index (χ2n) is 6.98. The van der Waals surface area contributed by atoms with E-state index < -0.39 is 42.0 Å². The Labute approximate surface area is 136 Å². The highest BCUT2D eigenvalue weighted by Gasteiger charge is 2.93. The Hall–Kier alpha value is -1.81. The minimum absolute atomic E-state index is 0.332. The number of alkyl halides is 1. The fourth-order valence-electron chi connectivity index (χ4n) is 4.23. The number of nitrogens with two attached hydrogens (primary N) is 1. The minimum atomic E-state index is -1.44. The lowest BCUT2D eigenvalue weighted by atomic mass is 10.0. The number of rotatable bonds is 2. The monoisotopic (exact) mass is 336 g/mol. The predicted molar refractivity (Wildman–Crippen MR) is 78.7 cm³/mol. The summed E-state index contributed by atoms with van der Waals surface area (Å²) in [7, 11) is 0. The molecule has 2 saturated heterocycles. The lowest BCUT2D eigenvalue weighted by Crippen LogP contribution is -2.32. The number of anilines is 1. The van der Waals surface area contributed by atoms with E-state index in [1.165, 1.54) is 6.33 Å². The molecule has 1 saturated carbocycles. The number of aliphatic hydroxyl groups excluding tert-OH is 1. The minimum Gasteiger partial charge on any atom is -0.393 e. The van der Waals surface area contributed by atoms with Crippen molar-refractivity contribution in [2.45, 2.75) is 49.2 Å². The van der Waals surface area contributed by atoms with Gasteiger partial charge in [0.1, 0.15) is 24.1 Å². The van der Waals surface area contributed by atoms with Crippen LogP contribution in [0.2, 0.25) is 0 Å². The molecule has 9 heteroatoms. The summed E-state index contributed by atoms with van der Waals surface area (Å²) in [5, 5.41) is 14.0. The molecule has 24 heavy (non-hydrogen) atoms. The third-order valence-electron chi connectivity index (χ3n) is 5.26. The zero-order valence-corrected chi connectivity index (χ0v) is 13.1. The van der Waals surface area contributed by atoms with Crippen LogP contribution < -0.4 is 5.73 Å². The lowest BCUT2D eigenvalue weighted by Gasteiger charge is -2.24. The van der Waals surface area contributed by atoms with Gasteiger partial charge in [0, 0.05) is 0 Å². The molecule has 3 fully saturated rings. The van der Waals surface area contributed by atoms with Crippen molar-refractivity contribution in [2.24, 2.45) is 0 Å². The summed E-state index contributed by atoms with van der Waals surface area (Å²) in [5.41, 5.74) is 4.44. The number of aliphatic hydroxyl groups is 1. The first-order valence-corrected chi connectivity index (χ1v) is 7.75. The molecule has 1 spiro atoms. The van der Waals surface area contributed by atoms with Crippen LogP contribution in [0.5, 0.6) is 0 Å². The normalized spacial score (nSPS) is 42.2. The van der Waals surface area contributed by atoms with E-state index in [4.69, 9.17) is 19.9 Å². The second kappa shape index (κ2) is 4.05. The van der Waals surface area contributed by atoms with Gasteiger partial charge in [-0.15, -0.1) is 0 Å². The summed E-state index contributed by atoms with van der Waals surface area (Å²) in [4.78, 5) is 3.95. The topological polar surface area (TPSA) is 104 Å². The van der Waals surface area contributed by atoms with E-state index in [0.29, 0.717) is 17.0 Å². The van der Waals surface area contributed by atoms with E-state index in [1.54, 1.807) is 30.5 Å². The van der Waals surface area contributed by atoms with Gasteiger partial charge in [0.15, 0.2) is 29.0 Å². The van der Waals surface area contributed by atoms with Crippen molar-refractivity contribution in [2.75, 3.05) is 12.3 Å². The largest absolute Gasteiger partial charge is 0.393 e. The van der Waals surface area contributed by atoms with Gasteiger partial charge in [0.25, 0.3) is 0 Å². The molecule has 8 nitrogen and oxygen atoms in total. The maximum Gasteiger partial charge on any atom is 0.169 e. The second-order valence-corrected chi connectivity index (χ2v) is 6.98. The predicted octanol–water partition coefficient (Wildman–Crippen LogP) is 0.356. The Bertz CT molecular complexity index is 857. The van der Waals surface area contributed by atoms with Crippen LogP contribution >= 0.6 is 0 Å². The van der Waals surface area contributed by atoms with E-state index in [-0.39, 0.29) is 0 Å². The Morgan fingerprint density at radius 3 is 2.92 bits per heavy atom. The molecule has 0 aromatic carbocycles. The van der Waals surface area contributed by atoms with Crippen LogP contribution in [0, 0.1) is 0 Å². The fraction of sp³-hybridized carbons (Fsp3) is 0.600. The van der Waals surface area contributed by atoms with Gasteiger partial charge in [0.2, 0.25) is 0 Å². The molecule has 3 aliphatic rings. The van der Waals surface area contributed by atoms with Gasteiger partial charge in [-0.3, -0.25) is 0 Å². The van der Waals surface area contributed by atoms with E-state index in [9.17, 15) is 9.50 Å². The smallest absolute Gasteiger partial charge is 0.169 e. The molecule has 2 aromatic rings. The summed E-state index contributed by atoms with van der Waals surface area (Å²) in [6.07, 6.45) is -1.43. The quantitative estimate of drug-likeness (QED) is 0.816. The number of hydrogen-bond donors (Lipinski definition) is 2. The number of hydrogen-bond acceptors (Lipinski definition) is 7. The van der Waals surface area contributed by atoms with Crippen LogP contribution in [0.1, 0.15) is 25.6 Å². The van der Waals surface area contributed by atoms with Crippen LogP contribution in [-0.2, 0) is 14.2 Å². The van der Waals surface area contributed by atoms with Crippen LogP contribution in [-0.4, -0.2) is 55.6 Å². The van der Waals surface area contributed by atoms with Gasteiger partial charge in [-0.25, -0.2) is 13.9 Å². The molecule has 2 aliphatic heterocycles. The molecular weight excluding hydrogens is 319 g/mol. The Morgan fingerprint density at radius 1 is 1.38 bits per heavy atom. The van der Waals surface area contributed by atoms with E-state index in [2.05, 4.69) is 10.1 Å². The summed E-state index contributed by atoms with van der Waals surface area (Å²) in [6, 6.07) is 3.56. The Morgan fingerprint density at radius 2 is 2.17 bits per heavy atom. The molecule has 128 valence electrons. The molecule has 0 amide bonds. The Kier molecular flexibility index (Phi) is 2.45. The van der Waals surface area contributed by atoms with Crippen molar-refractivity contribution in [3.63, 3.8) is 0 Å². The number of fused-ring (bicyclic) bond motifs is 1. The first-order valence-electron chi connectivity index (χ1n) is 7.75. The van der Waals surface area contributed by atoms with Gasteiger partial charge in [-0.1, -0.05) is 0 Å². The zero-order chi connectivity index (χ0) is 16.9. The van der Waals surface area contributed by atoms with Crippen LogP contribution in [0.15, 0.2) is 18.5 Å². The highest BCUT2D eigenvalue weighted by atomic mass is 19.1. The van der Waals surface area contributed by atoms with E-state index in [0.717, 1.165) is 0 Å². The van der Waals surface area contributed by atoms with Crippen molar-refractivity contribution in [1.29, 1.82) is 0 Å². The number of ether oxygens (including phenoxy) is 3. The van der Waals surface area contributed by atoms with Crippen LogP contribution in [0.4, 0.5) is 10.2 Å². The average Bonchev–Trinajstić information content (AvgIpc) is 2.94. The highest BCUT2D eigenvalue weighted by Crippen LogP contribution is 2.71. The van der Waals surface area contributed by atoms with E-state index in [1.807, 2.05) is 0 Å². The maximum absolute atomic E-state index is 14.6. The van der Waals surface area contributed by atoms with Gasteiger partial charge in [0.05, 0.1) is 12.3 Å². The standard InChI is InChI=1S/C15H17FN4O4/c1-13(2)23-10-9(22-14(5-21)12(16)15(10,14)24-13)7-3-4-8-11(17)18-6-19-20(7)8/h3-4,6,9-10,12,21H,5H2,1-2H3,(H2,17,18,19)/t9-,10-,12?,14-,15+/m0/s1. The maximum atomic E-state index is 14.6. The zero-order valence-electron chi connectivity index (χ0n) is 13.1. The molecule has 4 heterocycles. The van der Waals surface area contributed by atoms with Crippen molar-refractivity contribution < 1.29 is 23.7 Å². The summed E-state index contributed by atoms with van der Waals surface area (Å²) < 4.78 is 33.9. The molecule has 5 rings (SSSR count). The fourth-order valence-corrected chi connectivity index (χ4v) is 4.23. The molecule has 1 aliphatic carbocycles. The first-order chi connectivity index (χ1) is 11.4. The third kappa shape index (κ3) is 1.39. The van der Waals surface area contributed by atoms with Gasteiger partial charge in [-0.05, 0) is 26.0 Å². The summed E-state index contributed by atoms with van der Waals surface area (Å²) >= 11 is 0. The van der Waals surface area contributed by atoms with Crippen molar-refractivity contribution in [3.05, 3.63) is 24.2 Å². The number of aromatic nitrogens is 3. The molecular formula is C15H17FN4O4. The van der Waals surface area contributed by atoms with Gasteiger partial charge < -0.3 is 25.1 Å². The van der Waals surface area contributed by atoms with Crippen LogP contribution in [0.3, 0.4) is 0 Å². The average molecular weight is 336 g/mol. The molecule has 3 N–H and O–H groups in total. The van der Waals surface area contributed by atoms with Gasteiger partial charge >= 0.3 is 0 Å².